The third-order valence-electron chi connectivity index (χ3n) is 6.18. The minimum Gasteiger partial charge on any atom is -0.378 e. The fraction of sp³-hybridized carbons (Fsp3) is 0.455. The molecule has 32 heavy (non-hydrogen) atoms. The van der Waals surface area contributed by atoms with Gasteiger partial charge in [-0.25, -0.2) is 9.50 Å². The van der Waals surface area contributed by atoms with Crippen molar-refractivity contribution in [2.24, 2.45) is 5.73 Å². The number of nitrogens with one attached hydrogen (secondary N) is 4. The van der Waals surface area contributed by atoms with Crippen molar-refractivity contribution in [2.45, 2.75) is 50.2 Å². The van der Waals surface area contributed by atoms with E-state index in [2.05, 4.69) is 31.2 Å². The predicted molar refractivity (Wildman–Crippen MR) is 124 cm³/mol. The topological polar surface area (TPSA) is 134 Å². The average Bonchev–Trinajstić information content (AvgIpc) is 3.46. The van der Waals surface area contributed by atoms with Crippen LogP contribution >= 0.6 is 0 Å². The number of pyridine rings is 1. The van der Waals surface area contributed by atoms with Gasteiger partial charge in [0.1, 0.15) is 5.82 Å². The van der Waals surface area contributed by atoms with Gasteiger partial charge in [-0.05, 0) is 50.8 Å². The van der Waals surface area contributed by atoms with Crippen LogP contribution in [0.5, 0.6) is 0 Å². The summed E-state index contributed by atoms with van der Waals surface area (Å²) in [6, 6.07) is 6.41. The summed E-state index contributed by atoms with van der Waals surface area (Å²) in [6.07, 6.45) is 9.91. The van der Waals surface area contributed by atoms with E-state index in [0.717, 1.165) is 56.7 Å². The van der Waals surface area contributed by atoms with Gasteiger partial charge in [0.2, 0.25) is 0 Å². The fourth-order valence-corrected chi connectivity index (χ4v) is 4.40. The summed E-state index contributed by atoms with van der Waals surface area (Å²) in [5, 5.41) is 18.1. The second kappa shape index (κ2) is 9.09. The van der Waals surface area contributed by atoms with E-state index >= 15 is 0 Å². The van der Waals surface area contributed by atoms with Gasteiger partial charge in [0.15, 0.2) is 11.3 Å². The number of imidazole rings is 1. The van der Waals surface area contributed by atoms with Crippen molar-refractivity contribution in [3.05, 3.63) is 42.5 Å². The molecule has 10 heteroatoms. The summed E-state index contributed by atoms with van der Waals surface area (Å²) in [6.45, 7) is 1.88. The van der Waals surface area contributed by atoms with Crippen molar-refractivity contribution < 1.29 is 4.79 Å². The Bertz CT molecular complexity index is 1070. The van der Waals surface area contributed by atoms with E-state index in [1.54, 1.807) is 35.2 Å². The summed E-state index contributed by atoms with van der Waals surface area (Å²) < 4.78 is 1.62. The largest absolute Gasteiger partial charge is 0.378 e. The first-order valence-electron chi connectivity index (χ1n) is 11.3. The van der Waals surface area contributed by atoms with Crippen LogP contribution in [0.4, 0.5) is 17.2 Å². The van der Waals surface area contributed by atoms with Crippen LogP contribution in [0.15, 0.2) is 36.8 Å². The molecule has 0 aromatic carbocycles. The lowest BCUT2D eigenvalue weighted by molar-refractivity contribution is 0.102. The normalized spacial score (nSPS) is 23.2. The molecule has 1 unspecified atom stereocenters. The zero-order chi connectivity index (χ0) is 21.9. The van der Waals surface area contributed by atoms with Crippen LogP contribution in [-0.4, -0.2) is 56.7 Å². The van der Waals surface area contributed by atoms with E-state index in [4.69, 9.17) is 10.8 Å². The Labute approximate surface area is 186 Å². The van der Waals surface area contributed by atoms with Gasteiger partial charge < -0.3 is 27.0 Å². The molecule has 3 aromatic heterocycles. The van der Waals surface area contributed by atoms with Gasteiger partial charge in [0.25, 0.3) is 5.91 Å². The molecule has 1 amide bonds. The number of nitrogens with two attached hydrogens (primary N) is 1. The number of hydrogen-bond donors (Lipinski definition) is 5. The maximum absolute atomic E-state index is 13.0. The number of carbonyl (C=O) groups excluding carboxylic acids is 1. The van der Waals surface area contributed by atoms with Gasteiger partial charge in [0.05, 0.1) is 11.9 Å². The highest BCUT2D eigenvalue weighted by Gasteiger charge is 2.23. The van der Waals surface area contributed by atoms with Gasteiger partial charge in [0, 0.05) is 48.8 Å². The number of aromatic nitrogens is 4. The molecule has 0 radical (unpaired) electrons. The fourth-order valence-electron chi connectivity index (χ4n) is 4.40. The number of anilines is 3. The van der Waals surface area contributed by atoms with Crippen molar-refractivity contribution in [2.75, 3.05) is 29.0 Å². The second-order valence-corrected chi connectivity index (χ2v) is 8.60. The monoisotopic (exact) mass is 435 g/mol. The highest BCUT2D eigenvalue weighted by Crippen LogP contribution is 2.26. The van der Waals surface area contributed by atoms with E-state index in [9.17, 15) is 4.79 Å². The summed E-state index contributed by atoms with van der Waals surface area (Å²) >= 11 is 0. The first-order valence-corrected chi connectivity index (χ1v) is 11.3. The Morgan fingerprint density at radius 3 is 2.66 bits per heavy atom. The van der Waals surface area contributed by atoms with Crippen molar-refractivity contribution >= 4 is 28.7 Å². The molecule has 1 aliphatic carbocycles. The molecule has 2 fully saturated rings. The summed E-state index contributed by atoms with van der Waals surface area (Å²) in [5.74, 6) is 0.452. The number of amides is 1. The lowest BCUT2D eigenvalue weighted by atomic mass is 9.92. The van der Waals surface area contributed by atoms with Crippen molar-refractivity contribution in [3.8, 4) is 0 Å². The van der Waals surface area contributed by atoms with Crippen LogP contribution in [0.1, 0.15) is 42.6 Å². The van der Waals surface area contributed by atoms with Gasteiger partial charge in [-0.1, -0.05) is 0 Å². The molecule has 1 saturated carbocycles. The first kappa shape index (κ1) is 20.7. The molecule has 2 aliphatic rings. The van der Waals surface area contributed by atoms with E-state index in [1.165, 1.54) is 0 Å². The lowest BCUT2D eigenvalue weighted by Crippen LogP contribution is -2.33. The highest BCUT2D eigenvalue weighted by molar-refractivity contribution is 6.03. The lowest BCUT2D eigenvalue weighted by Gasteiger charge is -2.27. The van der Waals surface area contributed by atoms with Crippen molar-refractivity contribution in [1.82, 2.24) is 24.9 Å². The van der Waals surface area contributed by atoms with E-state index < -0.39 is 0 Å². The van der Waals surface area contributed by atoms with Gasteiger partial charge in [-0.3, -0.25) is 9.78 Å². The highest BCUT2D eigenvalue weighted by atomic mass is 16.2. The Morgan fingerprint density at radius 1 is 1.09 bits per heavy atom. The Hall–Kier alpha value is -3.24. The van der Waals surface area contributed by atoms with Crippen molar-refractivity contribution in [3.63, 3.8) is 0 Å². The number of fused-ring (bicyclic) bond motifs is 1. The number of nitrogens with zero attached hydrogens (tertiary/aromatic N) is 4. The molecule has 3 aromatic rings. The molecular weight excluding hydrogens is 406 g/mol. The molecule has 168 valence electrons. The molecule has 0 spiro atoms. The Kier molecular flexibility index (Phi) is 5.87. The smallest absolute Gasteiger partial charge is 0.276 e. The summed E-state index contributed by atoms with van der Waals surface area (Å²) in [7, 11) is 0. The first-order chi connectivity index (χ1) is 15.7. The van der Waals surface area contributed by atoms with Gasteiger partial charge in [-0.2, -0.15) is 0 Å². The third kappa shape index (κ3) is 4.51. The molecule has 1 aliphatic heterocycles. The summed E-state index contributed by atoms with van der Waals surface area (Å²) in [5.41, 5.74) is 8.61. The molecule has 5 rings (SSSR count). The second-order valence-electron chi connectivity index (χ2n) is 8.60. The minimum atomic E-state index is -0.273. The predicted octanol–water partition coefficient (Wildman–Crippen LogP) is 1.83. The maximum atomic E-state index is 13.0. The Balaban J connectivity index is 1.45. The van der Waals surface area contributed by atoms with Crippen molar-refractivity contribution in [1.29, 1.82) is 0 Å². The molecule has 1 atom stereocenters. The number of carbonyl (C=O) groups is 1. The van der Waals surface area contributed by atoms with Gasteiger partial charge in [-0.15, -0.1) is 5.10 Å². The molecule has 1 saturated heterocycles. The zero-order valence-corrected chi connectivity index (χ0v) is 17.9. The van der Waals surface area contributed by atoms with Crippen LogP contribution in [0.25, 0.3) is 5.65 Å². The molecule has 4 heterocycles. The third-order valence-corrected chi connectivity index (χ3v) is 6.18. The average molecular weight is 436 g/mol. The minimum absolute atomic E-state index is 0.273. The van der Waals surface area contributed by atoms with Gasteiger partial charge >= 0.3 is 0 Å². The quantitative estimate of drug-likeness (QED) is 0.396. The van der Waals surface area contributed by atoms with Crippen LogP contribution in [0.2, 0.25) is 0 Å². The molecule has 10 nitrogen and oxygen atoms in total. The number of hydrogen-bond acceptors (Lipinski definition) is 8. The molecule has 0 bridgehead atoms. The SMILES string of the molecule is N[C@H]1CC[C@H](Nc2cc(NC3CCNC3)c3ncc(C(=O)Nc4ccncc4)n3n2)CC1. The number of rotatable bonds is 6. The molecular formula is C22H29N9O. The summed E-state index contributed by atoms with van der Waals surface area (Å²) in [4.78, 5) is 21.5. The zero-order valence-electron chi connectivity index (χ0n) is 17.9. The van der Waals surface area contributed by atoms with Crippen LogP contribution in [0, 0.1) is 0 Å². The van der Waals surface area contributed by atoms with Crippen LogP contribution in [0.3, 0.4) is 0 Å². The van der Waals surface area contributed by atoms with E-state index in [0.29, 0.717) is 29.1 Å². The van der Waals surface area contributed by atoms with E-state index in [-0.39, 0.29) is 11.9 Å². The van der Waals surface area contributed by atoms with Crippen LogP contribution in [-0.2, 0) is 0 Å². The Morgan fingerprint density at radius 2 is 1.91 bits per heavy atom. The van der Waals surface area contributed by atoms with E-state index in [1.807, 2.05) is 6.07 Å². The molecule has 6 N–H and O–H groups in total. The van der Waals surface area contributed by atoms with Crippen LogP contribution < -0.4 is 27.0 Å². The standard InChI is InChI=1S/C22H29N9O/c23-14-1-3-15(4-2-14)28-20-11-18(27-17-7-10-25-12-17)21-26-13-19(31(21)30-20)22(32)29-16-5-8-24-9-6-16/h5-6,8-9,11,13-15,17,25,27H,1-4,7,10,12,23H2,(H,28,30)(H,24,29,32)/t14-,15-,17?. The maximum Gasteiger partial charge on any atom is 0.276 e.